The maximum atomic E-state index is 11.5. The molecule has 4 saturated carbocycles. The Hall–Kier alpha value is -0.570. The Balaban J connectivity index is 1.57. The molecular formula is C28H48O3. The minimum atomic E-state index is -0.466. The highest BCUT2D eigenvalue weighted by Gasteiger charge is 2.46. The molecule has 4 aliphatic rings. The average molecular weight is 433 g/mol. The molecule has 4 rings (SSSR count). The van der Waals surface area contributed by atoms with Crippen LogP contribution in [0, 0.1) is 35.5 Å². The Morgan fingerprint density at radius 2 is 1.06 bits per heavy atom. The van der Waals surface area contributed by atoms with E-state index in [2.05, 4.69) is 0 Å². The lowest BCUT2D eigenvalue weighted by molar-refractivity contribution is -0.158. The Morgan fingerprint density at radius 3 is 1.45 bits per heavy atom. The monoisotopic (exact) mass is 432 g/mol. The van der Waals surface area contributed by atoms with E-state index in [0.29, 0.717) is 5.92 Å². The summed E-state index contributed by atoms with van der Waals surface area (Å²) in [5.41, 5.74) is 0. The molecule has 1 N–H and O–H groups in total. The lowest BCUT2D eigenvalue weighted by Crippen LogP contribution is -2.46. The first-order chi connectivity index (χ1) is 15.1. The second kappa shape index (κ2) is 11.5. The summed E-state index contributed by atoms with van der Waals surface area (Å²) in [6, 6.07) is 0. The van der Waals surface area contributed by atoms with Gasteiger partial charge < -0.3 is 9.84 Å². The Kier molecular flexibility index (Phi) is 8.77. The van der Waals surface area contributed by atoms with E-state index in [1.165, 1.54) is 103 Å². The van der Waals surface area contributed by atoms with Crippen molar-refractivity contribution in [1.82, 2.24) is 0 Å². The molecule has 0 aromatic carbocycles. The molecule has 0 bridgehead atoms. The smallest absolute Gasteiger partial charge is 0.302 e. The SMILES string of the molecule is CC(=O)OC1CCC(C(C2CCCCC2)C(C2CCCCC2)C2CCCCC2)CC1O. The van der Waals surface area contributed by atoms with Crippen LogP contribution in [0.1, 0.15) is 122 Å². The molecule has 4 fully saturated rings. The second-order valence-corrected chi connectivity index (χ2v) is 11.6. The van der Waals surface area contributed by atoms with Gasteiger partial charge in [0.15, 0.2) is 0 Å². The van der Waals surface area contributed by atoms with Gasteiger partial charge in [-0.2, -0.15) is 0 Å². The minimum Gasteiger partial charge on any atom is -0.460 e. The Bertz CT molecular complexity index is 524. The topological polar surface area (TPSA) is 46.5 Å². The van der Waals surface area contributed by atoms with E-state index in [-0.39, 0.29) is 12.1 Å². The predicted octanol–water partition coefficient (Wildman–Crippen LogP) is 7.05. The van der Waals surface area contributed by atoms with Crippen molar-refractivity contribution >= 4 is 5.97 Å². The molecule has 0 spiro atoms. The lowest BCUT2D eigenvalue weighted by Gasteiger charge is -2.50. The molecule has 178 valence electrons. The van der Waals surface area contributed by atoms with Gasteiger partial charge in [0.25, 0.3) is 0 Å². The van der Waals surface area contributed by atoms with Crippen LogP contribution in [0.4, 0.5) is 0 Å². The van der Waals surface area contributed by atoms with Crippen molar-refractivity contribution in [2.45, 2.75) is 135 Å². The van der Waals surface area contributed by atoms with Crippen LogP contribution in [-0.4, -0.2) is 23.3 Å². The Morgan fingerprint density at radius 1 is 0.645 bits per heavy atom. The van der Waals surface area contributed by atoms with Gasteiger partial charge in [0.1, 0.15) is 6.10 Å². The fourth-order valence-electron chi connectivity index (χ4n) is 8.43. The number of ether oxygens (including phenoxy) is 1. The molecule has 0 radical (unpaired) electrons. The van der Waals surface area contributed by atoms with Crippen LogP contribution in [0.25, 0.3) is 0 Å². The van der Waals surface area contributed by atoms with E-state index in [1.54, 1.807) is 0 Å². The van der Waals surface area contributed by atoms with Crippen molar-refractivity contribution < 1.29 is 14.6 Å². The van der Waals surface area contributed by atoms with Crippen molar-refractivity contribution in [2.75, 3.05) is 0 Å². The van der Waals surface area contributed by atoms with Gasteiger partial charge in [-0.15, -0.1) is 0 Å². The van der Waals surface area contributed by atoms with Crippen LogP contribution in [0.2, 0.25) is 0 Å². The molecule has 0 saturated heterocycles. The second-order valence-electron chi connectivity index (χ2n) is 11.6. The zero-order valence-electron chi connectivity index (χ0n) is 20.1. The highest BCUT2D eigenvalue weighted by molar-refractivity contribution is 5.66. The van der Waals surface area contributed by atoms with E-state index in [0.717, 1.165) is 48.9 Å². The van der Waals surface area contributed by atoms with Crippen LogP contribution in [0.5, 0.6) is 0 Å². The van der Waals surface area contributed by atoms with Gasteiger partial charge in [-0.25, -0.2) is 0 Å². The van der Waals surface area contributed by atoms with Crippen LogP contribution >= 0.6 is 0 Å². The summed E-state index contributed by atoms with van der Waals surface area (Å²) in [4.78, 5) is 11.5. The summed E-state index contributed by atoms with van der Waals surface area (Å²) in [6.45, 7) is 1.48. The molecule has 4 atom stereocenters. The van der Waals surface area contributed by atoms with Crippen LogP contribution in [0.3, 0.4) is 0 Å². The molecule has 3 nitrogen and oxygen atoms in total. The summed E-state index contributed by atoms with van der Waals surface area (Å²) in [7, 11) is 0. The van der Waals surface area contributed by atoms with Crippen LogP contribution in [0.15, 0.2) is 0 Å². The predicted molar refractivity (Wildman–Crippen MR) is 126 cm³/mol. The molecule has 0 heterocycles. The van der Waals surface area contributed by atoms with Crippen molar-refractivity contribution in [3.8, 4) is 0 Å². The van der Waals surface area contributed by atoms with Gasteiger partial charge in [0, 0.05) is 6.92 Å². The number of aliphatic hydroxyl groups is 1. The number of carbonyl (C=O) groups excluding carboxylic acids is 1. The fraction of sp³-hybridized carbons (Fsp3) is 0.964. The van der Waals surface area contributed by atoms with Gasteiger partial charge in [-0.05, 0) is 54.8 Å². The average Bonchev–Trinajstić information content (AvgIpc) is 2.80. The van der Waals surface area contributed by atoms with Crippen molar-refractivity contribution in [3.05, 3.63) is 0 Å². The Labute approximate surface area is 191 Å². The van der Waals surface area contributed by atoms with E-state index >= 15 is 0 Å². The van der Waals surface area contributed by atoms with Crippen molar-refractivity contribution in [1.29, 1.82) is 0 Å². The molecule has 0 aliphatic heterocycles. The molecule has 0 aromatic heterocycles. The normalized spacial score (nSPS) is 33.3. The summed E-state index contributed by atoms with van der Waals surface area (Å²) < 4.78 is 5.48. The summed E-state index contributed by atoms with van der Waals surface area (Å²) in [5, 5.41) is 11.0. The van der Waals surface area contributed by atoms with Gasteiger partial charge in [-0.3, -0.25) is 4.79 Å². The maximum Gasteiger partial charge on any atom is 0.302 e. The number of hydrogen-bond donors (Lipinski definition) is 1. The first-order valence-electron chi connectivity index (χ1n) is 14.0. The number of carbonyl (C=O) groups is 1. The summed E-state index contributed by atoms with van der Waals surface area (Å²) in [6.07, 6.45) is 23.6. The van der Waals surface area contributed by atoms with Crippen molar-refractivity contribution in [2.24, 2.45) is 35.5 Å². The number of esters is 1. The maximum absolute atomic E-state index is 11.5. The first-order valence-corrected chi connectivity index (χ1v) is 14.0. The largest absolute Gasteiger partial charge is 0.460 e. The fourth-order valence-corrected chi connectivity index (χ4v) is 8.43. The van der Waals surface area contributed by atoms with Gasteiger partial charge >= 0.3 is 5.97 Å². The third-order valence-electron chi connectivity index (χ3n) is 9.68. The van der Waals surface area contributed by atoms with Gasteiger partial charge in [0.2, 0.25) is 0 Å². The standard InChI is InChI=1S/C28H48O3/c1-20(29)31-26-18-17-24(19-25(26)30)28(23-15-9-4-10-16-23)27(21-11-5-2-6-12-21)22-13-7-3-8-14-22/h21-28,30H,2-19H2,1H3. The summed E-state index contributed by atoms with van der Waals surface area (Å²) >= 11 is 0. The zero-order valence-corrected chi connectivity index (χ0v) is 20.1. The molecule has 0 amide bonds. The molecule has 4 unspecified atom stereocenters. The summed E-state index contributed by atoms with van der Waals surface area (Å²) in [5.74, 6) is 4.77. The van der Waals surface area contributed by atoms with Gasteiger partial charge in [0.05, 0.1) is 6.10 Å². The van der Waals surface area contributed by atoms with Crippen LogP contribution in [-0.2, 0) is 9.53 Å². The number of rotatable bonds is 6. The van der Waals surface area contributed by atoms with E-state index < -0.39 is 6.10 Å². The number of aliphatic hydroxyl groups excluding tert-OH is 1. The molecule has 3 heteroatoms. The lowest BCUT2D eigenvalue weighted by atomic mass is 9.55. The molecule has 4 aliphatic carbocycles. The van der Waals surface area contributed by atoms with E-state index in [9.17, 15) is 9.90 Å². The van der Waals surface area contributed by atoms with E-state index in [1.807, 2.05) is 0 Å². The third kappa shape index (κ3) is 6.06. The molecule has 0 aromatic rings. The quantitative estimate of drug-likeness (QED) is 0.457. The highest BCUT2D eigenvalue weighted by atomic mass is 16.6. The zero-order chi connectivity index (χ0) is 21.6. The highest BCUT2D eigenvalue weighted by Crippen LogP contribution is 2.53. The van der Waals surface area contributed by atoms with Gasteiger partial charge in [-0.1, -0.05) is 96.3 Å². The van der Waals surface area contributed by atoms with Crippen LogP contribution < -0.4 is 0 Å². The third-order valence-corrected chi connectivity index (χ3v) is 9.68. The molecular weight excluding hydrogens is 384 g/mol. The van der Waals surface area contributed by atoms with Crippen molar-refractivity contribution in [3.63, 3.8) is 0 Å². The molecule has 31 heavy (non-hydrogen) atoms. The number of hydrogen-bond acceptors (Lipinski definition) is 3. The minimum absolute atomic E-state index is 0.242. The first kappa shape index (κ1) is 23.6. The van der Waals surface area contributed by atoms with E-state index in [4.69, 9.17) is 4.74 Å².